The predicted octanol–water partition coefficient (Wildman–Crippen LogP) is 7.01. The van der Waals surface area contributed by atoms with Crippen LogP contribution in [-0.2, 0) is 17.4 Å². The van der Waals surface area contributed by atoms with E-state index in [-0.39, 0.29) is 17.4 Å². The first-order chi connectivity index (χ1) is 12.4. The van der Waals surface area contributed by atoms with Gasteiger partial charge < -0.3 is 5.11 Å². The zero-order valence-electron chi connectivity index (χ0n) is 17.9. The van der Waals surface area contributed by atoms with Crippen LogP contribution in [0.1, 0.15) is 67.0 Å². The number of hydrogen-bond acceptors (Lipinski definition) is 2. The molecule has 0 unspecified atom stereocenters. The van der Waals surface area contributed by atoms with E-state index in [9.17, 15) is 5.11 Å². The van der Waals surface area contributed by atoms with Gasteiger partial charge in [-0.2, -0.15) is 0 Å². The number of fused-ring (bicyclic) bond motifs is 1. The lowest BCUT2D eigenvalue weighted by Gasteiger charge is -2.42. The van der Waals surface area contributed by atoms with Crippen LogP contribution in [0.15, 0.2) is 30.3 Å². The van der Waals surface area contributed by atoms with Crippen molar-refractivity contribution >= 4 is 30.7 Å². The normalized spacial score (nSPS) is 19.0. The molecule has 0 fully saturated rings. The summed E-state index contributed by atoms with van der Waals surface area (Å²) in [6.07, 6.45) is 4.87. The molecule has 1 aromatic carbocycles. The Labute approximate surface area is 170 Å². The molecular weight excluding hydrogens is 364 g/mol. The van der Waals surface area contributed by atoms with Crippen molar-refractivity contribution in [1.82, 2.24) is 0 Å². The van der Waals surface area contributed by atoms with Gasteiger partial charge in [0.15, 0.2) is 0 Å². The Morgan fingerprint density at radius 2 is 1.63 bits per heavy atom. The Hall–Kier alpha value is -1.16. The lowest BCUT2D eigenvalue weighted by atomic mass is 9.63. The average molecular weight is 399 g/mol. The monoisotopic (exact) mass is 398 g/mol. The van der Waals surface area contributed by atoms with E-state index < -0.39 is 8.07 Å². The van der Waals surface area contributed by atoms with Crippen LogP contribution in [-0.4, -0.2) is 13.2 Å². The maximum atomic E-state index is 9.40. The second kappa shape index (κ2) is 7.02. The van der Waals surface area contributed by atoms with E-state index in [4.69, 9.17) is 0 Å². The smallest absolute Gasteiger partial charge is 0.0784 e. The van der Waals surface area contributed by atoms with E-state index >= 15 is 0 Å². The zero-order chi connectivity index (χ0) is 20.0. The Kier molecular flexibility index (Phi) is 5.35. The van der Waals surface area contributed by atoms with E-state index in [1.54, 1.807) is 11.3 Å². The summed E-state index contributed by atoms with van der Waals surface area (Å²) in [5.41, 5.74) is 4.94. The van der Waals surface area contributed by atoms with Crippen molar-refractivity contribution in [2.24, 2.45) is 0 Å². The van der Waals surface area contributed by atoms with Crippen LogP contribution in [0.4, 0.5) is 0 Å². The van der Waals surface area contributed by atoms with Crippen molar-refractivity contribution in [3.63, 3.8) is 0 Å². The summed E-state index contributed by atoms with van der Waals surface area (Å²) >= 11 is 1.70. The van der Waals surface area contributed by atoms with Crippen LogP contribution in [0.3, 0.4) is 0 Å². The fourth-order valence-corrected chi connectivity index (χ4v) is 6.72. The van der Waals surface area contributed by atoms with E-state index in [0.717, 1.165) is 4.88 Å². The third-order valence-electron chi connectivity index (χ3n) is 6.10. The van der Waals surface area contributed by atoms with Crippen molar-refractivity contribution < 1.29 is 5.11 Å². The Balaban J connectivity index is 2.14. The van der Waals surface area contributed by atoms with Gasteiger partial charge in [-0.05, 0) is 58.6 Å². The molecule has 3 rings (SSSR count). The minimum absolute atomic E-state index is 0.128. The summed E-state index contributed by atoms with van der Waals surface area (Å²) in [6.45, 7) is 17.0. The van der Waals surface area contributed by atoms with E-state index in [0.29, 0.717) is 0 Å². The molecule has 0 bridgehead atoms. The van der Waals surface area contributed by atoms with Crippen LogP contribution in [0, 0.1) is 0 Å². The van der Waals surface area contributed by atoms with E-state index in [1.807, 2.05) is 6.07 Å². The van der Waals surface area contributed by atoms with Crippen molar-refractivity contribution in [1.29, 1.82) is 0 Å². The summed E-state index contributed by atoms with van der Waals surface area (Å²) in [6, 6.07) is 11.4. The number of hydrogen-bond donors (Lipinski definition) is 1. The van der Waals surface area contributed by atoms with Crippen LogP contribution in [0.2, 0.25) is 19.6 Å². The highest BCUT2D eigenvalue weighted by Gasteiger charge is 2.37. The lowest BCUT2D eigenvalue weighted by Crippen LogP contribution is -2.34. The second-order valence-corrected chi connectivity index (χ2v) is 16.5. The minimum atomic E-state index is -1.53. The van der Waals surface area contributed by atoms with Gasteiger partial charge in [0.2, 0.25) is 0 Å². The standard InChI is InChI=1S/C24H34OSSi/c1-23(2)12-13-24(3,4)21-14-17(8-11-20(21)23)22(27(5,6)7)15-18-9-10-19(16-25)26-18/h8-11,14-15,25H,12-13,16H2,1-7H3/b22-15-. The molecular formula is C24H34OSSi. The van der Waals surface area contributed by atoms with Gasteiger partial charge in [0.05, 0.1) is 14.7 Å². The first kappa shape index (κ1) is 20.6. The Bertz CT molecular complexity index is 865. The number of thiophene rings is 1. The highest BCUT2D eigenvalue weighted by Crippen LogP contribution is 2.47. The van der Waals surface area contributed by atoms with Gasteiger partial charge in [0, 0.05) is 9.75 Å². The molecule has 0 radical (unpaired) electrons. The topological polar surface area (TPSA) is 20.2 Å². The van der Waals surface area contributed by atoms with Crippen LogP contribution >= 0.6 is 11.3 Å². The molecule has 1 N–H and O–H groups in total. The van der Waals surface area contributed by atoms with E-state index in [1.165, 1.54) is 39.6 Å². The third kappa shape index (κ3) is 4.15. The first-order valence-electron chi connectivity index (χ1n) is 10.0. The molecule has 0 atom stereocenters. The molecule has 2 aromatic rings. The van der Waals surface area contributed by atoms with Crippen molar-refractivity contribution in [2.75, 3.05) is 0 Å². The zero-order valence-corrected chi connectivity index (χ0v) is 19.8. The highest BCUT2D eigenvalue weighted by atomic mass is 32.1. The van der Waals surface area contributed by atoms with Crippen molar-refractivity contribution in [3.8, 4) is 0 Å². The fourth-order valence-electron chi connectivity index (χ4n) is 4.19. The molecule has 3 heteroatoms. The lowest BCUT2D eigenvalue weighted by molar-refractivity contribution is 0.285. The molecule has 0 saturated carbocycles. The number of rotatable bonds is 4. The van der Waals surface area contributed by atoms with Gasteiger partial charge in [0.1, 0.15) is 0 Å². The molecule has 1 nitrogen and oxygen atoms in total. The molecule has 1 aromatic heterocycles. The molecule has 1 aliphatic rings. The summed E-state index contributed by atoms with van der Waals surface area (Å²) < 4.78 is 0. The minimum Gasteiger partial charge on any atom is -0.391 e. The maximum absolute atomic E-state index is 9.40. The molecule has 1 aliphatic carbocycles. The molecule has 0 amide bonds. The van der Waals surface area contributed by atoms with Gasteiger partial charge in [-0.25, -0.2) is 0 Å². The summed E-state index contributed by atoms with van der Waals surface area (Å²) in [7, 11) is -1.53. The fraction of sp³-hybridized carbons (Fsp3) is 0.500. The quantitative estimate of drug-likeness (QED) is 0.549. The van der Waals surface area contributed by atoms with Crippen molar-refractivity contribution in [2.45, 2.75) is 77.6 Å². The SMILES string of the molecule is CC1(C)CCC(C)(C)c2cc(/C(=C/c3ccc(CO)s3)[Si](C)(C)C)ccc21. The molecule has 1 heterocycles. The third-order valence-corrected chi connectivity index (χ3v) is 9.16. The van der Waals surface area contributed by atoms with Crippen molar-refractivity contribution in [3.05, 3.63) is 56.8 Å². The second-order valence-electron chi connectivity index (χ2n) is 10.3. The number of aliphatic hydroxyl groups excluding tert-OH is 1. The van der Waals surface area contributed by atoms with Gasteiger partial charge in [-0.1, -0.05) is 70.7 Å². The summed E-state index contributed by atoms with van der Waals surface area (Å²) in [5, 5.41) is 10.9. The number of benzene rings is 1. The van der Waals surface area contributed by atoms with Gasteiger partial charge in [0.25, 0.3) is 0 Å². The Morgan fingerprint density at radius 1 is 1.00 bits per heavy atom. The van der Waals surface area contributed by atoms with Gasteiger partial charge >= 0.3 is 0 Å². The van der Waals surface area contributed by atoms with Crippen LogP contribution in [0.25, 0.3) is 11.3 Å². The maximum Gasteiger partial charge on any atom is 0.0784 e. The van der Waals surface area contributed by atoms with Crippen LogP contribution < -0.4 is 0 Å². The number of aliphatic hydroxyl groups is 1. The molecule has 146 valence electrons. The average Bonchev–Trinajstić information content (AvgIpc) is 3.03. The molecule has 0 aliphatic heterocycles. The molecule has 0 saturated heterocycles. The molecule has 0 spiro atoms. The summed E-state index contributed by atoms with van der Waals surface area (Å²) in [5.74, 6) is 0. The molecule has 27 heavy (non-hydrogen) atoms. The largest absolute Gasteiger partial charge is 0.391 e. The van der Waals surface area contributed by atoms with E-state index in [2.05, 4.69) is 77.7 Å². The predicted molar refractivity (Wildman–Crippen MR) is 123 cm³/mol. The van der Waals surface area contributed by atoms with Gasteiger partial charge in [-0.15, -0.1) is 11.3 Å². The van der Waals surface area contributed by atoms with Gasteiger partial charge in [-0.3, -0.25) is 0 Å². The highest BCUT2D eigenvalue weighted by molar-refractivity contribution is 7.13. The first-order valence-corrected chi connectivity index (χ1v) is 14.3. The van der Waals surface area contributed by atoms with Crippen LogP contribution in [0.5, 0.6) is 0 Å². The summed E-state index contributed by atoms with van der Waals surface area (Å²) in [4.78, 5) is 2.28. The Morgan fingerprint density at radius 3 is 2.19 bits per heavy atom.